The summed E-state index contributed by atoms with van der Waals surface area (Å²) in [6.45, 7) is 0. The zero-order valence-corrected chi connectivity index (χ0v) is 21.1. The van der Waals surface area contributed by atoms with E-state index in [9.17, 15) is 33.1 Å². The van der Waals surface area contributed by atoms with Gasteiger partial charge in [0.15, 0.2) is 0 Å². The number of carbonyl (C=O) groups excluding carboxylic acids is 2. The molecule has 0 radical (unpaired) electrons. The molecule has 2 amide bonds. The Morgan fingerprint density at radius 1 is 1.15 bits per heavy atom. The first-order valence-corrected chi connectivity index (χ1v) is 12.7. The van der Waals surface area contributed by atoms with Crippen LogP contribution in [0.15, 0.2) is 67.1 Å². The van der Waals surface area contributed by atoms with Crippen molar-refractivity contribution in [1.82, 2.24) is 15.3 Å². The first-order chi connectivity index (χ1) is 19.2. The number of halogens is 3. The number of aliphatic hydroxyl groups is 1. The fraction of sp³-hybridized carbons (Fsp3) is 0.321. The molecule has 2 fully saturated rings. The van der Waals surface area contributed by atoms with Crippen LogP contribution >= 0.6 is 0 Å². The molecule has 1 saturated carbocycles. The summed E-state index contributed by atoms with van der Waals surface area (Å²) in [5.41, 5.74) is 0.590. The summed E-state index contributed by atoms with van der Waals surface area (Å²) in [5.74, 6) is -4.85. The number of hydrogen-bond donors (Lipinski definition) is 2. The van der Waals surface area contributed by atoms with Gasteiger partial charge in [-0.2, -0.15) is 5.26 Å². The maximum atomic E-state index is 14.4. The molecule has 206 valence electrons. The maximum Gasteiger partial charge on any atom is 0.252 e. The van der Waals surface area contributed by atoms with Crippen LogP contribution in [0.4, 0.5) is 24.7 Å². The second-order valence-electron chi connectivity index (χ2n) is 9.85. The average Bonchev–Trinajstić information content (AvgIpc) is 3.32. The van der Waals surface area contributed by atoms with Crippen molar-refractivity contribution in [1.29, 1.82) is 5.26 Å². The van der Waals surface area contributed by atoms with Crippen LogP contribution in [0.5, 0.6) is 0 Å². The van der Waals surface area contributed by atoms with Crippen molar-refractivity contribution in [3.05, 3.63) is 84.1 Å². The summed E-state index contributed by atoms with van der Waals surface area (Å²) < 4.78 is 41.5. The standard InChI is InChI=1S/C28H25F3N6O3/c29-19-11-21(16-33-15-19)36(25(18-4-2-1-3-5-18)26(39)35-20-12-28(30,31)13-20)27(40)22-6-7-24(38)37(22)23-10-17(14-32)8-9-34-23/h1-5,8-11,15-16,20,22,24-25,38H,6-7,12-13H2,(H,35,39)/t22-,24?,25-/m0/s1. The van der Waals surface area contributed by atoms with Gasteiger partial charge in [0.2, 0.25) is 5.91 Å². The highest BCUT2D eigenvalue weighted by molar-refractivity contribution is 6.05. The molecule has 1 saturated heterocycles. The quantitative estimate of drug-likeness (QED) is 0.462. The molecule has 3 heterocycles. The van der Waals surface area contributed by atoms with Crippen molar-refractivity contribution < 1.29 is 27.9 Å². The van der Waals surface area contributed by atoms with Crippen molar-refractivity contribution in [2.75, 3.05) is 9.80 Å². The molecular formula is C28H25F3N6O3. The Morgan fingerprint density at radius 3 is 2.58 bits per heavy atom. The van der Waals surface area contributed by atoms with Gasteiger partial charge >= 0.3 is 0 Å². The molecule has 1 aliphatic carbocycles. The van der Waals surface area contributed by atoms with E-state index >= 15 is 0 Å². The van der Waals surface area contributed by atoms with Crippen LogP contribution in [0.25, 0.3) is 0 Å². The summed E-state index contributed by atoms with van der Waals surface area (Å²) in [6, 6.07) is 11.0. The highest BCUT2D eigenvalue weighted by Crippen LogP contribution is 2.39. The number of amides is 2. The Balaban J connectivity index is 1.57. The summed E-state index contributed by atoms with van der Waals surface area (Å²) in [4.78, 5) is 38.6. The fourth-order valence-corrected chi connectivity index (χ4v) is 5.17. The molecule has 5 rings (SSSR count). The molecule has 0 bridgehead atoms. The van der Waals surface area contributed by atoms with E-state index < -0.39 is 60.7 Å². The Labute approximate surface area is 227 Å². The molecule has 0 spiro atoms. The summed E-state index contributed by atoms with van der Waals surface area (Å²) in [6.07, 6.45) is 1.72. The number of pyridine rings is 2. The molecule has 1 aliphatic heterocycles. The van der Waals surface area contributed by atoms with Gasteiger partial charge in [-0.15, -0.1) is 0 Å². The topological polar surface area (TPSA) is 122 Å². The van der Waals surface area contributed by atoms with Crippen LogP contribution in [0.2, 0.25) is 0 Å². The smallest absolute Gasteiger partial charge is 0.252 e. The van der Waals surface area contributed by atoms with Crippen molar-refractivity contribution in [2.24, 2.45) is 0 Å². The van der Waals surface area contributed by atoms with Gasteiger partial charge in [0, 0.05) is 31.1 Å². The van der Waals surface area contributed by atoms with Crippen LogP contribution in [0.3, 0.4) is 0 Å². The van der Waals surface area contributed by atoms with Crippen LogP contribution in [-0.4, -0.2) is 51.1 Å². The van der Waals surface area contributed by atoms with E-state index in [0.717, 1.165) is 17.2 Å². The predicted molar refractivity (Wildman–Crippen MR) is 137 cm³/mol. The second-order valence-corrected chi connectivity index (χ2v) is 9.85. The number of aliphatic hydroxyl groups excluding tert-OH is 1. The molecule has 2 aliphatic rings. The number of benzene rings is 1. The number of anilines is 2. The lowest BCUT2D eigenvalue weighted by molar-refractivity contribution is -0.133. The maximum absolute atomic E-state index is 14.4. The van der Waals surface area contributed by atoms with E-state index in [-0.39, 0.29) is 29.9 Å². The zero-order valence-electron chi connectivity index (χ0n) is 21.1. The van der Waals surface area contributed by atoms with Gasteiger partial charge in [-0.25, -0.2) is 18.2 Å². The first kappa shape index (κ1) is 27.1. The van der Waals surface area contributed by atoms with Gasteiger partial charge in [-0.3, -0.25) is 19.5 Å². The van der Waals surface area contributed by atoms with Crippen LogP contribution in [-0.2, 0) is 9.59 Å². The Morgan fingerprint density at radius 2 is 1.90 bits per heavy atom. The number of alkyl halides is 2. The summed E-state index contributed by atoms with van der Waals surface area (Å²) in [7, 11) is 0. The van der Waals surface area contributed by atoms with Gasteiger partial charge in [0.05, 0.1) is 29.7 Å². The molecule has 3 atom stereocenters. The second kappa shape index (κ2) is 10.9. The van der Waals surface area contributed by atoms with Crippen molar-refractivity contribution in [3.8, 4) is 6.07 Å². The van der Waals surface area contributed by atoms with Gasteiger partial charge in [0.25, 0.3) is 11.8 Å². The molecule has 12 heteroatoms. The Bertz CT molecular complexity index is 1440. The number of aromatic nitrogens is 2. The molecular weight excluding hydrogens is 525 g/mol. The van der Waals surface area contributed by atoms with E-state index in [1.54, 1.807) is 30.3 Å². The van der Waals surface area contributed by atoms with Crippen molar-refractivity contribution in [2.45, 2.75) is 56.0 Å². The lowest BCUT2D eigenvalue weighted by Gasteiger charge is -2.39. The molecule has 1 unspecified atom stereocenters. The summed E-state index contributed by atoms with van der Waals surface area (Å²) >= 11 is 0. The van der Waals surface area contributed by atoms with Gasteiger partial charge in [-0.05, 0) is 30.5 Å². The number of carbonyl (C=O) groups is 2. The third-order valence-electron chi connectivity index (χ3n) is 7.04. The molecule has 40 heavy (non-hydrogen) atoms. The number of nitrogens with zero attached hydrogens (tertiary/aromatic N) is 5. The van der Waals surface area contributed by atoms with Gasteiger partial charge in [0.1, 0.15) is 29.9 Å². The lowest BCUT2D eigenvalue weighted by Crippen LogP contribution is -2.56. The van der Waals surface area contributed by atoms with E-state index in [4.69, 9.17) is 0 Å². The SMILES string of the molecule is N#Cc1ccnc(N2C(O)CC[C@H]2C(=O)N(c2cncc(F)c2)[C@H](C(=O)NC2CC(F)(F)C2)c2ccccc2)c1. The fourth-order valence-electron chi connectivity index (χ4n) is 5.17. The van der Waals surface area contributed by atoms with Crippen molar-refractivity contribution >= 4 is 23.3 Å². The normalized spacial score (nSPS) is 20.7. The third kappa shape index (κ3) is 5.46. The Kier molecular flexibility index (Phi) is 7.40. The van der Waals surface area contributed by atoms with E-state index in [0.29, 0.717) is 5.56 Å². The summed E-state index contributed by atoms with van der Waals surface area (Å²) in [5, 5.41) is 22.7. The first-order valence-electron chi connectivity index (χ1n) is 12.7. The average molecular weight is 551 g/mol. The Hall–Kier alpha value is -4.50. The third-order valence-corrected chi connectivity index (χ3v) is 7.04. The molecule has 3 aromatic rings. The number of hydrogen-bond acceptors (Lipinski definition) is 7. The number of rotatable bonds is 7. The molecule has 2 aromatic heterocycles. The van der Waals surface area contributed by atoms with Gasteiger partial charge in [-0.1, -0.05) is 30.3 Å². The zero-order chi connectivity index (χ0) is 28.4. The van der Waals surface area contributed by atoms with E-state index in [1.165, 1.54) is 29.4 Å². The minimum atomic E-state index is -2.88. The minimum absolute atomic E-state index is 0.0342. The number of nitriles is 1. The molecule has 9 nitrogen and oxygen atoms in total. The number of nitrogens with one attached hydrogen (secondary N) is 1. The highest BCUT2D eigenvalue weighted by atomic mass is 19.3. The monoisotopic (exact) mass is 550 g/mol. The van der Waals surface area contributed by atoms with Crippen LogP contribution in [0, 0.1) is 17.1 Å². The van der Waals surface area contributed by atoms with Gasteiger partial charge < -0.3 is 15.3 Å². The van der Waals surface area contributed by atoms with Crippen LogP contribution in [0.1, 0.15) is 42.9 Å². The van der Waals surface area contributed by atoms with E-state index in [1.807, 2.05) is 6.07 Å². The van der Waals surface area contributed by atoms with E-state index in [2.05, 4.69) is 15.3 Å². The van der Waals surface area contributed by atoms with Crippen molar-refractivity contribution in [3.63, 3.8) is 0 Å². The lowest BCUT2D eigenvalue weighted by atomic mass is 9.87. The predicted octanol–water partition coefficient (Wildman–Crippen LogP) is 3.46. The minimum Gasteiger partial charge on any atom is -0.374 e. The molecule has 1 aromatic carbocycles. The molecule has 2 N–H and O–H groups in total. The largest absolute Gasteiger partial charge is 0.374 e. The van der Waals surface area contributed by atoms with Crippen LogP contribution < -0.4 is 15.1 Å². The highest BCUT2D eigenvalue weighted by Gasteiger charge is 2.48.